The molecule has 0 fully saturated rings. The van der Waals surface area contributed by atoms with Crippen LogP contribution in [0.2, 0.25) is 0 Å². The van der Waals surface area contributed by atoms with E-state index in [0.29, 0.717) is 31.8 Å². The second-order valence-electron chi connectivity index (χ2n) is 6.80. The van der Waals surface area contributed by atoms with Crippen LogP contribution in [-0.4, -0.2) is 50.3 Å². The Morgan fingerprint density at radius 3 is 2.17 bits per heavy atom. The van der Waals surface area contributed by atoms with E-state index in [-0.39, 0.29) is 10.8 Å². The quantitative estimate of drug-likeness (QED) is 0.623. The maximum absolute atomic E-state index is 13.0. The molecule has 158 valence electrons. The van der Waals surface area contributed by atoms with Crippen molar-refractivity contribution in [1.82, 2.24) is 9.21 Å². The lowest BCUT2D eigenvalue weighted by atomic mass is 10.1. The van der Waals surface area contributed by atoms with Gasteiger partial charge in [-0.15, -0.1) is 0 Å². The van der Waals surface area contributed by atoms with E-state index < -0.39 is 10.0 Å². The second kappa shape index (κ2) is 9.89. The van der Waals surface area contributed by atoms with Gasteiger partial charge in [0, 0.05) is 32.2 Å². The minimum atomic E-state index is -3.62. The molecule has 2 aromatic carbocycles. The maximum Gasteiger partial charge on any atom is 0.254 e. The van der Waals surface area contributed by atoms with Gasteiger partial charge >= 0.3 is 0 Å². The van der Waals surface area contributed by atoms with E-state index in [1.807, 2.05) is 38.1 Å². The van der Waals surface area contributed by atoms with Crippen molar-refractivity contribution in [2.75, 3.05) is 26.7 Å². The lowest BCUT2D eigenvalue weighted by Crippen LogP contribution is -2.31. The van der Waals surface area contributed by atoms with Crippen molar-refractivity contribution in [3.05, 3.63) is 59.2 Å². The molecule has 29 heavy (non-hydrogen) atoms. The first-order chi connectivity index (χ1) is 13.7. The number of carbonyl (C=O) groups excluding carboxylic acids is 1. The predicted molar refractivity (Wildman–Crippen MR) is 115 cm³/mol. The molecule has 0 aliphatic heterocycles. The molecule has 7 heteroatoms. The molecule has 0 radical (unpaired) electrons. The second-order valence-corrected chi connectivity index (χ2v) is 8.74. The van der Waals surface area contributed by atoms with Gasteiger partial charge in [-0.1, -0.05) is 32.0 Å². The Labute approximate surface area is 174 Å². The summed E-state index contributed by atoms with van der Waals surface area (Å²) in [6, 6.07) is 12.3. The molecule has 0 bridgehead atoms. The van der Waals surface area contributed by atoms with Crippen molar-refractivity contribution in [1.29, 1.82) is 0 Å². The number of benzene rings is 2. The number of amides is 1. The number of nitrogens with zero attached hydrogens (tertiary/aromatic N) is 2. The fourth-order valence-corrected chi connectivity index (χ4v) is 4.60. The summed E-state index contributed by atoms with van der Waals surface area (Å²) in [5, 5.41) is 0. The molecule has 0 saturated heterocycles. The van der Waals surface area contributed by atoms with E-state index in [0.717, 1.165) is 16.9 Å². The number of sulfonamides is 1. The summed E-state index contributed by atoms with van der Waals surface area (Å²) < 4.78 is 32.5. The van der Waals surface area contributed by atoms with Gasteiger partial charge in [0.15, 0.2) is 0 Å². The molecule has 0 heterocycles. The predicted octanol–water partition coefficient (Wildman–Crippen LogP) is 3.70. The number of rotatable bonds is 9. The van der Waals surface area contributed by atoms with Gasteiger partial charge < -0.3 is 9.64 Å². The highest BCUT2D eigenvalue weighted by Gasteiger charge is 2.24. The summed E-state index contributed by atoms with van der Waals surface area (Å²) >= 11 is 0. The zero-order valence-electron chi connectivity index (χ0n) is 17.8. The van der Waals surface area contributed by atoms with Crippen molar-refractivity contribution in [2.24, 2.45) is 0 Å². The van der Waals surface area contributed by atoms with Gasteiger partial charge in [0.05, 0.1) is 11.5 Å². The van der Waals surface area contributed by atoms with Crippen LogP contribution in [0.25, 0.3) is 0 Å². The van der Waals surface area contributed by atoms with Crippen LogP contribution in [-0.2, 0) is 16.6 Å². The Kier molecular flexibility index (Phi) is 7.81. The molecule has 2 rings (SSSR count). The van der Waals surface area contributed by atoms with E-state index in [1.165, 1.54) is 10.4 Å². The first kappa shape index (κ1) is 22.9. The normalized spacial score (nSPS) is 11.5. The number of aryl methyl sites for hydroxylation is 1. The number of hydrogen-bond donors (Lipinski definition) is 0. The first-order valence-electron chi connectivity index (χ1n) is 9.82. The third-order valence-corrected chi connectivity index (χ3v) is 6.83. The van der Waals surface area contributed by atoms with Crippen molar-refractivity contribution >= 4 is 15.9 Å². The number of carbonyl (C=O) groups is 1. The van der Waals surface area contributed by atoms with E-state index >= 15 is 0 Å². The Morgan fingerprint density at radius 1 is 1.00 bits per heavy atom. The average molecular weight is 419 g/mol. The summed E-state index contributed by atoms with van der Waals surface area (Å²) in [6.45, 7) is 9.11. The summed E-state index contributed by atoms with van der Waals surface area (Å²) in [5.41, 5.74) is 2.10. The van der Waals surface area contributed by atoms with Gasteiger partial charge in [0.25, 0.3) is 5.91 Å². The minimum absolute atomic E-state index is 0.143. The van der Waals surface area contributed by atoms with Crippen LogP contribution in [0, 0.1) is 6.92 Å². The highest BCUT2D eigenvalue weighted by molar-refractivity contribution is 7.89. The zero-order chi connectivity index (χ0) is 21.6. The van der Waals surface area contributed by atoms with Crippen LogP contribution >= 0.6 is 0 Å². The molecule has 1 amide bonds. The lowest BCUT2D eigenvalue weighted by Gasteiger charge is -2.21. The molecular weight excluding hydrogens is 388 g/mol. The van der Waals surface area contributed by atoms with Crippen LogP contribution < -0.4 is 4.74 Å². The van der Waals surface area contributed by atoms with Gasteiger partial charge in [0.2, 0.25) is 10.0 Å². The summed E-state index contributed by atoms with van der Waals surface area (Å²) in [7, 11) is -1.91. The molecule has 0 N–H and O–H groups in total. The van der Waals surface area contributed by atoms with Gasteiger partial charge in [-0.25, -0.2) is 8.42 Å². The lowest BCUT2D eigenvalue weighted by molar-refractivity contribution is 0.0784. The standard InChI is InChI=1S/C22H30N2O4S/c1-6-24(7-2)29(26,27)20-14-9-17(4)21(15-20)22(25)23(5)16-18-10-12-19(13-11-18)28-8-3/h9-15H,6-8,16H2,1-5H3. The van der Waals surface area contributed by atoms with E-state index in [2.05, 4.69) is 0 Å². The zero-order valence-corrected chi connectivity index (χ0v) is 18.6. The molecule has 2 aromatic rings. The molecule has 0 unspecified atom stereocenters. The van der Waals surface area contributed by atoms with Gasteiger partial charge in [-0.3, -0.25) is 4.79 Å². The SMILES string of the molecule is CCOc1ccc(CN(C)C(=O)c2cc(S(=O)(=O)N(CC)CC)ccc2C)cc1. The van der Waals surface area contributed by atoms with Crippen LogP contribution in [0.3, 0.4) is 0 Å². The minimum Gasteiger partial charge on any atom is -0.494 e. The first-order valence-corrected chi connectivity index (χ1v) is 11.3. The average Bonchev–Trinajstić information content (AvgIpc) is 2.70. The highest BCUT2D eigenvalue weighted by atomic mass is 32.2. The largest absolute Gasteiger partial charge is 0.494 e. The van der Waals surface area contributed by atoms with Crippen LogP contribution in [0.5, 0.6) is 5.75 Å². The molecule has 0 saturated carbocycles. The topological polar surface area (TPSA) is 66.9 Å². The third kappa shape index (κ3) is 5.36. The van der Waals surface area contributed by atoms with Crippen LogP contribution in [0.15, 0.2) is 47.4 Å². The highest BCUT2D eigenvalue weighted by Crippen LogP contribution is 2.21. The third-order valence-electron chi connectivity index (χ3n) is 4.78. The Hall–Kier alpha value is -2.38. The molecule has 0 atom stereocenters. The van der Waals surface area contributed by atoms with Gasteiger partial charge in [0.1, 0.15) is 5.75 Å². The Morgan fingerprint density at radius 2 is 1.62 bits per heavy atom. The number of ether oxygens (including phenoxy) is 1. The molecule has 0 aromatic heterocycles. The van der Waals surface area contributed by atoms with E-state index in [9.17, 15) is 13.2 Å². The summed E-state index contributed by atoms with van der Waals surface area (Å²) in [6.07, 6.45) is 0. The number of hydrogen-bond acceptors (Lipinski definition) is 4. The van der Waals surface area contributed by atoms with Gasteiger partial charge in [-0.2, -0.15) is 4.31 Å². The van der Waals surface area contributed by atoms with Gasteiger partial charge in [-0.05, 0) is 49.2 Å². The van der Waals surface area contributed by atoms with Crippen molar-refractivity contribution < 1.29 is 17.9 Å². The molecule has 6 nitrogen and oxygen atoms in total. The van der Waals surface area contributed by atoms with E-state index in [1.54, 1.807) is 37.9 Å². The fraction of sp³-hybridized carbons (Fsp3) is 0.409. The fourth-order valence-electron chi connectivity index (χ4n) is 3.11. The monoisotopic (exact) mass is 418 g/mol. The van der Waals surface area contributed by atoms with Crippen molar-refractivity contribution in [2.45, 2.75) is 39.1 Å². The molecule has 0 aliphatic rings. The summed E-state index contributed by atoms with van der Waals surface area (Å²) in [4.78, 5) is 14.8. The van der Waals surface area contributed by atoms with Crippen molar-refractivity contribution in [3.63, 3.8) is 0 Å². The van der Waals surface area contributed by atoms with Crippen LogP contribution in [0.1, 0.15) is 42.3 Å². The smallest absolute Gasteiger partial charge is 0.254 e. The molecule has 0 spiro atoms. The Bertz CT molecular complexity index is 936. The van der Waals surface area contributed by atoms with Crippen LogP contribution in [0.4, 0.5) is 0 Å². The molecule has 0 aliphatic carbocycles. The Balaban J connectivity index is 2.25. The van der Waals surface area contributed by atoms with Crippen molar-refractivity contribution in [3.8, 4) is 5.75 Å². The maximum atomic E-state index is 13.0. The van der Waals surface area contributed by atoms with E-state index in [4.69, 9.17) is 4.74 Å². The molecular formula is C22H30N2O4S. The summed E-state index contributed by atoms with van der Waals surface area (Å²) in [5.74, 6) is 0.573.